The smallest absolute Gasteiger partial charge is 0.119 e. The fraction of sp³-hybridized carbons (Fsp3) is 0.556. The Bertz CT molecular complexity index is 466. The van der Waals surface area contributed by atoms with E-state index in [-0.39, 0.29) is 6.61 Å². The molecule has 2 rings (SSSR count). The van der Waals surface area contributed by atoms with Gasteiger partial charge in [-0.2, -0.15) is 0 Å². The first kappa shape index (κ1) is 15.9. The van der Waals surface area contributed by atoms with Gasteiger partial charge in [0.15, 0.2) is 0 Å². The summed E-state index contributed by atoms with van der Waals surface area (Å²) in [5.74, 6) is 6.81. The van der Waals surface area contributed by atoms with Crippen LogP contribution in [0.2, 0.25) is 0 Å². The van der Waals surface area contributed by atoms with Crippen LogP contribution in [0.3, 0.4) is 0 Å². The van der Waals surface area contributed by atoms with E-state index in [1.54, 1.807) is 0 Å². The zero-order valence-electron chi connectivity index (χ0n) is 12.8. The lowest BCUT2D eigenvalue weighted by atomic mass is 10.2. The summed E-state index contributed by atoms with van der Waals surface area (Å²) in [4.78, 5) is 2.42. The van der Waals surface area contributed by atoms with E-state index in [2.05, 4.69) is 23.8 Å². The highest BCUT2D eigenvalue weighted by atomic mass is 16.5. The van der Waals surface area contributed by atoms with Crippen LogP contribution < -0.4 is 4.74 Å². The van der Waals surface area contributed by atoms with Crippen molar-refractivity contribution in [2.45, 2.75) is 38.1 Å². The molecule has 3 nitrogen and oxygen atoms in total. The lowest BCUT2D eigenvalue weighted by molar-refractivity contribution is 0.193. The molecule has 0 amide bonds. The van der Waals surface area contributed by atoms with E-state index in [1.807, 2.05) is 24.3 Å². The summed E-state index contributed by atoms with van der Waals surface area (Å²) in [5.41, 5.74) is 0.957. The van der Waals surface area contributed by atoms with E-state index >= 15 is 0 Å². The maximum absolute atomic E-state index is 8.68. The molecule has 1 aliphatic rings. The van der Waals surface area contributed by atoms with Gasteiger partial charge in [0, 0.05) is 24.6 Å². The van der Waals surface area contributed by atoms with Crippen molar-refractivity contribution in [3.63, 3.8) is 0 Å². The lowest BCUT2D eigenvalue weighted by Crippen LogP contribution is -2.32. The van der Waals surface area contributed by atoms with Crippen LogP contribution in [-0.4, -0.2) is 42.9 Å². The van der Waals surface area contributed by atoms with Gasteiger partial charge in [0.05, 0.1) is 6.61 Å². The van der Waals surface area contributed by atoms with Crippen LogP contribution >= 0.6 is 0 Å². The molecule has 0 aliphatic heterocycles. The topological polar surface area (TPSA) is 32.7 Å². The Morgan fingerprint density at radius 2 is 1.95 bits per heavy atom. The van der Waals surface area contributed by atoms with Gasteiger partial charge in [0.1, 0.15) is 12.4 Å². The molecule has 3 heteroatoms. The SMILES string of the molecule is CN(CCOc1ccc(C#CCCO)cc1)C1CCCC1. The molecule has 21 heavy (non-hydrogen) atoms. The first-order valence-electron chi connectivity index (χ1n) is 7.82. The molecular weight excluding hydrogens is 262 g/mol. The Morgan fingerprint density at radius 3 is 2.62 bits per heavy atom. The van der Waals surface area contributed by atoms with E-state index in [4.69, 9.17) is 9.84 Å². The van der Waals surface area contributed by atoms with Gasteiger partial charge in [0.2, 0.25) is 0 Å². The Labute approximate surface area is 127 Å². The second kappa shape index (κ2) is 8.71. The Morgan fingerprint density at radius 1 is 1.24 bits per heavy atom. The van der Waals surface area contributed by atoms with Crippen LogP contribution in [0.1, 0.15) is 37.7 Å². The first-order valence-corrected chi connectivity index (χ1v) is 7.82. The minimum absolute atomic E-state index is 0.114. The zero-order valence-corrected chi connectivity index (χ0v) is 12.8. The Kier molecular flexibility index (Phi) is 6.59. The number of ether oxygens (including phenoxy) is 1. The minimum Gasteiger partial charge on any atom is -0.492 e. The second-order valence-electron chi connectivity index (χ2n) is 5.57. The molecule has 0 saturated heterocycles. The standard InChI is InChI=1S/C18H25NO2/c1-19(17-7-2-3-8-17)13-15-21-18-11-9-16(10-12-18)6-4-5-14-20/h9-12,17,20H,2-3,5,7-8,13-15H2,1H3. The minimum atomic E-state index is 0.114. The highest BCUT2D eigenvalue weighted by Crippen LogP contribution is 2.22. The highest BCUT2D eigenvalue weighted by molar-refractivity contribution is 5.38. The number of nitrogens with zero attached hydrogens (tertiary/aromatic N) is 1. The normalized spacial score (nSPS) is 15.0. The van der Waals surface area contributed by atoms with Gasteiger partial charge in [-0.25, -0.2) is 0 Å². The highest BCUT2D eigenvalue weighted by Gasteiger charge is 2.18. The molecule has 1 aliphatic carbocycles. The van der Waals surface area contributed by atoms with Crippen molar-refractivity contribution >= 4 is 0 Å². The van der Waals surface area contributed by atoms with Crippen molar-refractivity contribution in [2.75, 3.05) is 26.8 Å². The van der Waals surface area contributed by atoms with Crippen LogP contribution in [0.5, 0.6) is 5.75 Å². The van der Waals surface area contributed by atoms with Gasteiger partial charge < -0.3 is 14.7 Å². The molecular formula is C18H25NO2. The van der Waals surface area contributed by atoms with Crippen molar-refractivity contribution in [3.05, 3.63) is 29.8 Å². The lowest BCUT2D eigenvalue weighted by Gasteiger charge is -2.23. The molecule has 0 atom stereocenters. The summed E-state index contributed by atoms with van der Waals surface area (Å²) >= 11 is 0. The monoisotopic (exact) mass is 287 g/mol. The number of rotatable bonds is 6. The van der Waals surface area contributed by atoms with Crippen molar-refractivity contribution in [3.8, 4) is 17.6 Å². The number of hydrogen-bond donors (Lipinski definition) is 1. The van der Waals surface area contributed by atoms with Crippen molar-refractivity contribution in [1.82, 2.24) is 4.90 Å². The molecule has 0 heterocycles. The average molecular weight is 287 g/mol. The summed E-state index contributed by atoms with van der Waals surface area (Å²) < 4.78 is 5.79. The van der Waals surface area contributed by atoms with Crippen LogP contribution in [0, 0.1) is 11.8 Å². The maximum atomic E-state index is 8.68. The summed E-state index contributed by atoms with van der Waals surface area (Å²) in [6.45, 7) is 1.81. The molecule has 0 bridgehead atoms. The number of likely N-dealkylation sites (N-methyl/N-ethyl adjacent to an activating group) is 1. The van der Waals surface area contributed by atoms with Gasteiger partial charge in [-0.05, 0) is 44.2 Å². The van der Waals surface area contributed by atoms with Crippen LogP contribution in [-0.2, 0) is 0 Å². The van der Waals surface area contributed by atoms with Gasteiger partial charge in [-0.1, -0.05) is 24.7 Å². The third kappa shape index (κ3) is 5.41. The maximum Gasteiger partial charge on any atom is 0.119 e. The molecule has 1 saturated carbocycles. The molecule has 0 spiro atoms. The van der Waals surface area contributed by atoms with E-state index in [1.165, 1.54) is 25.7 Å². The molecule has 1 fully saturated rings. The predicted octanol–water partition coefficient (Wildman–Crippen LogP) is 2.67. The number of hydrogen-bond acceptors (Lipinski definition) is 3. The van der Waals surface area contributed by atoms with Crippen LogP contribution in [0.15, 0.2) is 24.3 Å². The molecule has 0 unspecified atom stereocenters. The number of aliphatic hydroxyl groups excluding tert-OH is 1. The molecule has 1 aromatic carbocycles. The number of benzene rings is 1. The quantitative estimate of drug-likeness (QED) is 0.817. The summed E-state index contributed by atoms with van der Waals surface area (Å²) in [6.07, 6.45) is 5.92. The summed E-state index contributed by atoms with van der Waals surface area (Å²) in [6, 6.07) is 8.58. The zero-order chi connectivity index (χ0) is 14.9. The van der Waals surface area contributed by atoms with Crippen molar-refractivity contribution in [1.29, 1.82) is 0 Å². The molecule has 0 aromatic heterocycles. The molecule has 0 radical (unpaired) electrons. The Hall–Kier alpha value is -1.50. The molecule has 1 N–H and O–H groups in total. The van der Waals surface area contributed by atoms with Crippen LogP contribution in [0.25, 0.3) is 0 Å². The Balaban J connectivity index is 1.72. The van der Waals surface area contributed by atoms with Gasteiger partial charge in [-0.3, -0.25) is 0 Å². The fourth-order valence-corrected chi connectivity index (χ4v) is 2.69. The van der Waals surface area contributed by atoms with E-state index in [0.717, 1.165) is 30.5 Å². The largest absolute Gasteiger partial charge is 0.492 e. The molecule has 1 aromatic rings. The second-order valence-corrected chi connectivity index (χ2v) is 5.57. The third-order valence-corrected chi connectivity index (χ3v) is 3.98. The fourth-order valence-electron chi connectivity index (χ4n) is 2.69. The van der Waals surface area contributed by atoms with Crippen LogP contribution in [0.4, 0.5) is 0 Å². The summed E-state index contributed by atoms with van der Waals surface area (Å²) in [5, 5.41) is 8.68. The van der Waals surface area contributed by atoms with E-state index < -0.39 is 0 Å². The average Bonchev–Trinajstić information content (AvgIpc) is 3.03. The molecule has 114 valence electrons. The van der Waals surface area contributed by atoms with Crippen molar-refractivity contribution in [2.24, 2.45) is 0 Å². The van der Waals surface area contributed by atoms with E-state index in [0.29, 0.717) is 6.42 Å². The number of aliphatic hydroxyl groups is 1. The first-order chi connectivity index (χ1) is 10.3. The van der Waals surface area contributed by atoms with Gasteiger partial charge in [-0.15, -0.1) is 0 Å². The summed E-state index contributed by atoms with van der Waals surface area (Å²) in [7, 11) is 2.19. The predicted molar refractivity (Wildman–Crippen MR) is 85.4 cm³/mol. The van der Waals surface area contributed by atoms with Gasteiger partial charge >= 0.3 is 0 Å². The third-order valence-electron chi connectivity index (χ3n) is 3.98. The van der Waals surface area contributed by atoms with E-state index in [9.17, 15) is 0 Å². The van der Waals surface area contributed by atoms with Gasteiger partial charge in [0.25, 0.3) is 0 Å². The van der Waals surface area contributed by atoms with Crippen molar-refractivity contribution < 1.29 is 9.84 Å².